The van der Waals surface area contributed by atoms with Crippen LogP contribution in [0, 0.1) is 5.92 Å². The molecule has 0 radical (unpaired) electrons. The molecule has 2 heteroatoms. The Balaban J connectivity index is 3.16. The molecule has 0 aliphatic heterocycles. The summed E-state index contributed by atoms with van der Waals surface area (Å²) in [6.45, 7) is 7.59. The molecule has 0 bridgehead atoms. The summed E-state index contributed by atoms with van der Waals surface area (Å²) in [5.74, 6) is 0.766. The predicted octanol–water partition coefficient (Wildman–Crippen LogP) is 0.923. The molecule has 0 rings (SSSR count). The van der Waals surface area contributed by atoms with Crippen LogP contribution >= 0.6 is 0 Å². The van der Waals surface area contributed by atoms with Crippen molar-refractivity contribution < 1.29 is 0 Å². The maximum Gasteiger partial charge on any atom is 0.000134 e. The molecule has 0 fully saturated rings. The largest absolute Gasteiger partial charge is 0.330 e. The maximum absolute atomic E-state index is 5.38. The van der Waals surface area contributed by atoms with E-state index in [2.05, 4.69) is 25.8 Å². The van der Waals surface area contributed by atoms with Gasteiger partial charge in [-0.3, -0.25) is 0 Å². The lowest BCUT2D eigenvalue weighted by molar-refractivity contribution is 0.294. The maximum atomic E-state index is 5.38. The Bertz CT molecular complexity index is 71.7. The third-order valence-corrected chi connectivity index (χ3v) is 1.42. The van der Waals surface area contributed by atoms with Crippen molar-refractivity contribution in [3.63, 3.8) is 0 Å². The fourth-order valence-corrected chi connectivity index (χ4v) is 1.08. The monoisotopic (exact) mass is 144 g/mol. The smallest absolute Gasteiger partial charge is 0.000134 e. The van der Waals surface area contributed by atoms with Crippen LogP contribution in [0.15, 0.2) is 0 Å². The van der Waals surface area contributed by atoms with Gasteiger partial charge >= 0.3 is 0 Å². The molecule has 0 aliphatic carbocycles. The fourth-order valence-electron chi connectivity index (χ4n) is 1.08. The Morgan fingerprint density at radius 1 is 1.40 bits per heavy atom. The molecule has 10 heavy (non-hydrogen) atoms. The van der Waals surface area contributed by atoms with Crippen LogP contribution < -0.4 is 5.73 Å². The topological polar surface area (TPSA) is 29.3 Å². The molecular weight excluding hydrogens is 124 g/mol. The van der Waals surface area contributed by atoms with Crippen molar-refractivity contribution in [3.05, 3.63) is 0 Å². The summed E-state index contributed by atoms with van der Waals surface area (Å²) in [4.78, 5) is 2.33. The van der Waals surface area contributed by atoms with Crippen molar-refractivity contribution in [1.29, 1.82) is 0 Å². The molecule has 0 aromatic heterocycles. The number of rotatable bonds is 5. The van der Waals surface area contributed by atoms with Crippen molar-refractivity contribution in [3.8, 4) is 0 Å². The third-order valence-electron chi connectivity index (χ3n) is 1.42. The average Bonchev–Trinajstić information content (AvgIpc) is 1.82. The number of nitrogens with two attached hydrogens (primary N) is 1. The van der Waals surface area contributed by atoms with Crippen molar-refractivity contribution in [2.75, 3.05) is 26.7 Å². The van der Waals surface area contributed by atoms with Gasteiger partial charge in [0.2, 0.25) is 0 Å². The molecule has 0 atom stereocenters. The van der Waals surface area contributed by atoms with E-state index in [1.54, 1.807) is 0 Å². The van der Waals surface area contributed by atoms with Crippen LogP contribution in [0.4, 0.5) is 0 Å². The molecule has 0 unspecified atom stereocenters. The lowest BCUT2D eigenvalue weighted by Gasteiger charge is -2.17. The van der Waals surface area contributed by atoms with E-state index in [1.165, 1.54) is 6.54 Å². The Hall–Kier alpha value is -0.0800. The van der Waals surface area contributed by atoms with E-state index >= 15 is 0 Å². The number of hydrogen-bond acceptors (Lipinski definition) is 2. The standard InChI is InChI=1S/C8H20N2/c1-8(2)7-10(3)6-4-5-9/h8H,4-7,9H2,1-3H3. The van der Waals surface area contributed by atoms with E-state index < -0.39 is 0 Å². The van der Waals surface area contributed by atoms with Gasteiger partial charge in [0.25, 0.3) is 0 Å². The van der Waals surface area contributed by atoms with Gasteiger partial charge in [-0.05, 0) is 32.5 Å². The summed E-state index contributed by atoms with van der Waals surface area (Å²) in [5.41, 5.74) is 5.38. The minimum absolute atomic E-state index is 0.766. The Kier molecular flexibility index (Phi) is 5.64. The van der Waals surface area contributed by atoms with Crippen LogP contribution in [0.3, 0.4) is 0 Å². The second-order valence-corrected chi connectivity index (χ2v) is 3.30. The van der Waals surface area contributed by atoms with Crippen LogP contribution in [0.1, 0.15) is 20.3 Å². The van der Waals surface area contributed by atoms with Crippen molar-refractivity contribution in [2.45, 2.75) is 20.3 Å². The highest BCUT2D eigenvalue weighted by molar-refractivity contribution is 4.54. The zero-order valence-electron chi connectivity index (χ0n) is 7.43. The second kappa shape index (κ2) is 5.69. The van der Waals surface area contributed by atoms with E-state index in [0.717, 1.165) is 25.4 Å². The SMILES string of the molecule is CC(C)CN(C)CCCN. The first-order valence-corrected chi connectivity index (χ1v) is 4.05. The zero-order chi connectivity index (χ0) is 7.98. The molecule has 0 aromatic carbocycles. The van der Waals surface area contributed by atoms with E-state index in [0.29, 0.717) is 0 Å². The van der Waals surface area contributed by atoms with Crippen LogP contribution in [0.2, 0.25) is 0 Å². The zero-order valence-corrected chi connectivity index (χ0v) is 7.43. The summed E-state index contributed by atoms with van der Waals surface area (Å²) in [6, 6.07) is 0. The van der Waals surface area contributed by atoms with Crippen LogP contribution in [-0.4, -0.2) is 31.6 Å². The van der Waals surface area contributed by atoms with Gasteiger partial charge in [-0.1, -0.05) is 13.8 Å². The highest BCUT2D eigenvalue weighted by Gasteiger charge is 1.99. The first kappa shape index (κ1) is 9.92. The van der Waals surface area contributed by atoms with Gasteiger partial charge in [-0.15, -0.1) is 0 Å². The molecule has 2 N–H and O–H groups in total. The van der Waals surface area contributed by atoms with Gasteiger partial charge in [0.05, 0.1) is 0 Å². The van der Waals surface area contributed by atoms with Crippen molar-refractivity contribution >= 4 is 0 Å². The lowest BCUT2D eigenvalue weighted by Crippen LogP contribution is -2.25. The number of hydrogen-bond donors (Lipinski definition) is 1. The molecule has 0 aromatic rings. The van der Waals surface area contributed by atoms with Gasteiger partial charge in [-0.25, -0.2) is 0 Å². The Labute approximate surface area is 64.4 Å². The molecule has 0 aliphatic rings. The second-order valence-electron chi connectivity index (χ2n) is 3.30. The van der Waals surface area contributed by atoms with Gasteiger partial charge in [0, 0.05) is 6.54 Å². The number of nitrogens with zero attached hydrogens (tertiary/aromatic N) is 1. The third kappa shape index (κ3) is 6.05. The van der Waals surface area contributed by atoms with E-state index in [-0.39, 0.29) is 0 Å². The molecule has 0 heterocycles. The minimum Gasteiger partial charge on any atom is -0.330 e. The normalized spacial score (nSPS) is 11.4. The average molecular weight is 144 g/mol. The van der Waals surface area contributed by atoms with Gasteiger partial charge in [0.15, 0.2) is 0 Å². The molecule has 0 amide bonds. The predicted molar refractivity (Wildman–Crippen MR) is 46.0 cm³/mol. The minimum atomic E-state index is 0.766. The summed E-state index contributed by atoms with van der Waals surface area (Å²) < 4.78 is 0. The van der Waals surface area contributed by atoms with E-state index in [4.69, 9.17) is 5.73 Å². The van der Waals surface area contributed by atoms with Crippen LogP contribution in [0.5, 0.6) is 0 Å². The quantitative estimate of drug-likeness (QED) is 0.622. The van der Waals surface area contributed by atoms with Crippen LogP contribution in [-0.2, 0) is 0 Å². The summed E-state index contributed by atoms with van der Waals surface area (Å²) in [5, 5.41) is 0. The molecular formula is C8H20N2. The first-order valence-electron chi connectivity index (χ1n) is 4.05. The van der Waals surface area contributed by atoms with Crippen molar-refractivity contribution in [1.82, 2.24) is 4.90 Å². The van der Waals surface area contributed by atoms with Gasteiger partial charge in [-0.2, -0.15) is 0 Å². The molecule has 62 valence electrons. The molecule has 0 spiro atoms. The highest BCUT2D eigenvalue weighted by atomic mass is 15.1. The van der Waals surface area contributed by atoms with Gasteiger partial charge in [0.1, 0.15) is 0 Å². The summed E-state index contributed by atoms with van der Waals surface area (Å²) in [7, 11) is 2.15. The Morgan fingerprint density at radius 2 is 2.00 bits per heavy atom. The van der Waals surface area contributed by atoms with E-state index in [1.807, 2.05) is 0 Å². The molecule has 0 saturated carbocycles. The first-order chi connectivity index (χ1) is 4.66. The summed E-state index contributed by atoms with van der Waals surface area (Å²) in [6.07, 6.45) is 1.11. The molecule has 2 nitrogen and oxygen atoms in total. The molecule has 0 saturated heterocycles. The highest BCUT2D eigenvalue weighted by Crippen LogP contribution is 1.95. The van der Waals surface area contributed by atoms with Crippen LogP contribution in [0.25, 0.3) is 0 Å². The Morgan fingerprint density at radius 3 is 2.40 bits per heavy atom. The van der Waals surface area contributed by atoms with Gasteiger partial charge < -0.3 is 10.6 Å². The summed E-state index contributed by atoms with van der Waals surface area (Å²) >= 11 is 0. The fraction of sp³-hybridized carbons (Fsp3) is 1.00. The van der Waals surface area contributed by atoms with Crippen molar-refractivity contribution in [2.24, 2.45) is 11.7 Å². The van der Waals surface area contributed by atoms with E-state index in [9.17, 15) is 0 Å². The lowest BCUT2D eigenvalue weighted by atomic mass is 10.2.